The van der Waals surface area contributed by atoms with E-state index in [9.17, 15) is 0 Å². The molecule has 0 aliphatic heterocycles. The van der Waals surface area contributed by atoms with Crippen molar-refractivity contribution in [3.8, 4) is 0 Å². The lowest BCUT2D eigenvalue weighted by atomic mass is 10.0. The molecule has 0 atom stereocenters. The van der Waals surface area contributed by atoms with Crippen LogP contribution in [0.15, 0.2) is 18.2 Å². The summed E-state index contributed by atoms with van der Waals surface area (Å²) in [5.74, 6) is 0.866. The van der Waals surface area contributed by atoms with Crippen LogP contribution in [0.25, 0.3) is 0 Å². The summed E-state index contributed by atoms with van der Waals surface area (Å²) in [6.45, 7) is 2.24. The Bertz CT molecular complexity index is 373. The van der Waals surface area contributed by atoms with Gasteiger partial charge in [0.2, 0.25) is 0 Å². The number of anilines is 1. The van der Waals surface area contributed by atoms with Gasteiger partial charge in [-0.25, -0.2) is 0 Å². The van der Waals surface area contributed by atoms with Gasteiger partial charge in [-0.1, -0.05) is 18.9 Å². The Kier molecular flexibility index (Phi) is 2.62. The van der Waals surface area contributed by atoms with Crippen LogP contribution in [-0.2, 0) is 0 Å². The van der Waals surface area contributed by atoms with Crippen LogP contribution in [0.1, 0.15) is 55.6 Å². The second kappa shape index (κ2) is 4.12. The van der Waals surface area contributed by atoms with Crippen LogP contribution in [0, 0.1) is 6.92 Å². The lowest BCUT2D eigenvalue weighted by molar-refractivity contribution is 0.755. The number of benzene rings is 1. The molecular formula is C15H21N. The van der Waals surface area contributed by atoms with Crippen LogP contribution in [-0.4, -0.2) is 6.04 Å². The van der Waals surface area contributed by atoms with E-state index in [-0.39, 0.29) is 0 Å². The highest BCUT2D eigenvalue weighted by molar-refractivity contribution is 5.51. The summed E-state index contributed by atoms with van der Waals surface area (Å²) < 4.78 is 0. The predicted molar refractivity (Wildman–Crippen MR) is 69.0 cm³/mol. The van der Waals surface area contributed by atoms with Crippen LogP contribution >= 0.6 is 0 Å². The summed E-state index contributed by atoms with van der Waals surface area (Å²) in [4.78, 5) is 0. The van der Waals surface area contributed by atoms with Gasteiger partial charge in [-0.2, -0.15) is 0 Å². The van der Waals surface area contributed by atoms with Crippen molar-refractivity contribution >= 4 is 5.69 Å². The topological polar surface area (TPSA) is 12.0 Å². The number of hydrogen-bond acceptors (Lipinski definition) is 1. The molecule has 0 heterocycles. The first kappa shape index (κ1) is 10.2. The first-order chi connectivity index (χ1) is 7.83. The minimum absolute atomic E-state index is 0.731. The molecule has 16 heavy (non-hydrogen) atoms. The van der Waals surface area contributed by atoms with E-state index in [0.29, 0.717) is 0 Å². The summed E-state index contributed by atoms with van der Waals surface area (Å²) in [7, 11) is 0. The van der Waals surface area contributed by atoms with Gasteiger partial charge in [0.1, 0.15) is 0 Å². The van der Waals surface area contributed by atoms with Gasteiger partial charge in [-0.05, 0) is 61.8 Å². The molecule has 1 heteroatoms. The Hall–Kier alpha value is -0.980. The molecular weight excluding hydrogens is 194 g/mol. The van der Waals surface area contributed by atoms with Crippen molar-refractivity contribution in [3.63, 3.8) is 0 Å². The van der Waals surface area contributed by atoms with E-state index in [1.807, 2.05) is 0 Å². The van der Waals surface area contributed by atoms with Gasteiger partial charge in [0, 0.05) is 11.7 Å². The van der Waals surface area contributed by atoms with Gasteiger partial charge in [0.05, 0.1) is 0 Å². The Morgan fingerprint density at radius 3 is 2.50 bits per heavy atom. The Balaban J connectivity index is 1.76. The van der Waals surface area contributed by atoms with Gasteiger partial charge in [0.25, 0.3) is 0 Å². The van der Waals surface area contributed by atoms with E-state index in [0.717, 1.165) is 12.0 Å². The fraction of sp³-hybridized carbons (Fsp3) is 0.600. The molecule has 0 bridgehead atoms. The van der Waals surface area contributed by atoms with Crippen molar-refractivity contribution < 1.29 is 0 Å². The highest BCUT2D eigenvalue weighted by Gasteiger charge is 2.25. The highest BCUT2D eigenvalue weighted by Crippen LogP contribution is 2.42. The lowest BCUT2D eigenvalue weighted by Crippen LogP contribution is -2.14. The van der Waals surface area contributed by atoms with Gasteiger partial charge in [-0.15, -0.1) is 0 Å². The Morgan fingerprint density at radius 2 is 1.81 bits per heavy atom. The van der Waals surface area contributed by atoms with Crippen molar-refractivity contribution in [2.24, 2.45) is 0 Å². The SMILES string of the molecule is Cc1ccc(NC2CCCC2)cc1C1CC1. The normalized spacial score (nSPS) is 21.3. The summed E-state index contributed by atoms with van der Waals surface area (Å²) in [6, 6.07) is 7.66. The molecule has 0 spiro atoms. The molecule has 1 nitrogen and oxygen atoms in total. The second-order valence-corrected chi connectivity index (χ2v) is 5.47. The zero-order valence-corrected chi connectivity index (χ0v) is 10.1. The van der Waals surface area contributed by atoms with Crippen LogP contribution in [0.2, 0.25) is 0 Å². The fourth-order valence-corrected chi connectivity index (χ4v) is 2.87. The lowest BCUT2D eigenvalue weighted by Gasteiger charge is -2.15. The number of hydrogen-bond donors (Lipinski definition) is 1. The van der Waals surface area contributed by atoms with E-state index in [1.54, 1.807) is 5.56 Å². The molecule has 0 amide bonds. The molecule has 2 fully saturated rings. The summed E-state index contributed by atoms with van der Waals surface area (Å²) in [6.07, 6.45) is 8.30. The molecule has 1 N–H and O–H groups in total. The Labute approximate surface area is 98.3 Å². The van der Waals surface area contributed by atoms with Crippen LogP contribution in [0.5, 0.6) is 0 Å². The molecule has 2 aliphatic rings. The summed E-state index contributed by atoms with van der Waals surface area (Å²) in [5.41, 5.74) is 4.40. The highest BCUT2D eigenvalue weighted by atomic mass is 14.9. The summed E-state index contributed by atoms with van der Waals surface area (Å²) >= 11 is 0. The molecule has 0 aromatic heterocycles. The molecule has 3 rings (SSSR count). The van der Waals surface area contributed by atoms with Gasteiger partial charge in [-0.3, -0.25) is 0 Å². The first-order valence-corrected chi connectivity index (χ1v) is 6.70. The van der Waals surface area contributed by atoms with Gasteiger partial charge in [0.15, 0.2) is 0 Å². The Morgan fingerprint density at radius 1 is 1.06 bits per heavy atom. The third-order valence-corrected chi connectivity index (χ3v) is 4.02. The molecule has 0 saturated heterocycles. The maximum atomic E-state index is 3.69. The molecule has 2 aliphatic carbocycles. The van der Waals surface area contributed by atoms with Crippen molar-refractivity contribution in [1.82, 2.24) is 0 Å². The third-order valence-electron chi connectivity index (χ3n) is 4.02. The van der Waals surface area contributed by atoms with Crippen molar-refractivity contribution in [3.05, 3.63) is 29.3 Å². The van der Waals surface area contributed by atoms with E-state index < -0.39 is 0 Å². The van der Waals surface area contributed by atoms with Gasteiger partial charge < -0.3 is 5.32 Å². The smallest absolute Gasteiger partial charge is 0.0345 e. The van der Waals surface area contributed by atoms with E-state index in [4.69, 9.17) is 0 Å². The molecule has 86 valence electrons. The fourth-order valence-electron chi connectivity index (χ4n) is 2.87. The van der Waals surface area contributed by atoms with Crippen molar-refractivity contribution in [2.45, 2.75) is 57.4 Å². The third kappa shape index (κ3) is 2.09. The predicted octanol–water partition coefficient (Wildman–Crippen LogP) is 4.23. The molecule has 1 aromatic rings. The maximum Gasteiger partial charge on any atom is 0.0345 e. The second-order valence-electron chi connectivity index (χ2n) is 5.47. The first-order valence-electron chi connectivity index (χ1n) is 6.70. The number of nitrogens with one attached hydrogen (secondary N) is 1. The van der Waals surface area contributed by atoms with Crippen molar-refractivity contribution in [2.75, 3.05) is 5.32 Å². The minimum Gasteiger partial charge on any atom is -0.382 e. The average molecular weight is 215 g/mol. The zero-order valence-electron chi connectivity index (χ0n) is 10.1. The van der Waals surface area contributed by atoms with Crippen LogP contribution in [0.4, 0.5) is 5.69 Å². The zero-order chi connectivity index (χ0) is 11.0. The van der Waals surface area contributed by atoms with Gasteiger partial charge >= 0.3 is 0 Å². The largest absolute Gasteiger partial charge is 0.382 e. The van der Waals surface area contributed by atoms with Crippen LogP contribution < -0.4 is 5.32 Å². The molecule has 0 unspecified atom stereocenters. The quantitative estimate of drug-likeness (QED) is 0.795. The van der Waals surface area contributed by atoms with E-state index in [2.05, 4.69) is 30.4 Å². The number of rotatable bonds is 3. The molecule has 2 saturated carbocycles. The standard InChI is InChI=1S/C15H21N/c1-11-6-9-14(10-15(11)12-7-8-12)16-13-4-2-3-5-13/h6,9-10,12-13,16H,2-5,7-8H2,1H3. The molecule has 1 aromatic carbocycles. The van der Waals surface area contributed by atoms with Crippen molar-refractivity contribution in [1.29, 1.82) is 0 Å². The minimum atomic E-state index is 0.731. The van der Waals surface area contributed by atoms with E-state index in [1.165, 1.54) is 49.8 Å². The number of aryl methyl sites for hydroxylation is 1. The van der Waals surface area contributed by atoms with Crippen LogP contribution in [0.3, 0.4) is 0 Å². The van der Waals surface area contributed by atoms with E-state index >= 15 is 0 Å². The maximum absolute atomic E-state index is 3.69. The summed E-state index contributed by atoms with van der Waals surface area (Å²) in [5, 5.41) is 3.69. The monoisotopic (exact) mass is 215 g/mol. The average Bonchev–Trinajstić information content (AvgIpc) is 3.00. The molecule has 0 radical (unpaired) electrons.